The van der Waals surface area contributed by atoms with E-state index in [1.54, 1.807) is 55.0 Å². The molecule has 6 aromatic rings. The lowest BCUT2D eigenvalue weighted by atomic mass is 10.0. The van der Waals surface area contributed by atoms with Crippen molar-refractivity contribution in [1.29, 1.82) is 0 Å². The van der Waals surface area contributed by atoms with Crippen LogP contribution in [0.2, 0.25) is 0 Å². The first kappa shape index (κ1) is 52.9. The van der Waals surface area contributed by atoms with Crippen molar-refractivity contribution in [2.24, 2.45) is 14.1 Å². The lowest BCUT2D eigenvalue weighted by Gasteiger charge is -2.29. The zero-order chi connectivity index (χ0) is 52.3. The number of carbonyl (C=O) groups excluding carboxylic acids is 3. The molecule has 6 N–H and O–H groups in total. The molecule has 0 saturated carbocycles. The van der Waals surface area contributed by atoms with E-state index in [1.165, 1.54) is 11.8 Å². The third-order valence-corrected chi connectivity index (χ3v) is 13.9. The van der Waals surface area contributed by atoms with Gasteiger partial charge >= 0.3 is 6.09 Å². The molecule has 390 valence electrons. The van der Waals surface area contributed by atoms with E-state index in [2.05, 4.69) is 58.7 Å². The van der Waals surface area contributed by atoms with Crippen molar-refractivity contribution in [3.63, 3.8) is 0 Å². The van der Waals surface area contributed by atoms with E-state index in [-0.39, 0.29) is 30.1 Å². The highest BCUT2D eigenvalue weighted by Crippen LogP contribution is 2.36. The van der Waals surface area contributed by atoms with Crippen molar-refractivity contribution in [2.45, 2.75) is 75.0 Å². The van der Waals surface area contributed by atoms with Gasteiger partial charge in [-0.25, -0.2) is 24.7 Å². The number of benzene rings is 2. The average molecular weight is 1030 g/mol. The first-order valence-electron chi connectivity index (χ1n) is 24.8. The maximum atomic E-state index is 13.7. The molecule has 3 aliphatic rings. The maximum Gasteiger partial charge on any atom is 0.404 e. The largest absolute Gasteiger partial charge is 0.495 e. The predicted molar refractivity (Wildman–Crippen MR) is 280 cm³/mol. The molecule has 1 saturated heterocycles. The van der Waals surface area contributed by atoms with E-state index in [0.717, 1.165) is 108 Å². The first-order valence-corrected chi connectivity index (χ1v) is 26.0. The Balaban J connectivity index is 0.000000244. The van der Waals surface area contributed by atoms with Gasteiger partial charge in [-0.3, -0.25) is 23.7 Å². The highest BCUT2D eigenvalue weighted by Gasteiger charge is 2.31. The van der Waals surface area contributed by atoms with Crippen molar-refractivity contribution in [1.82, 2.24) is 65.7 Å². The number of carbonyl (C=O) groups is 4. The number of piperidine rings is 1. The van der Waals surface area contributed by atoms with Crippen LogP contribution in [0.25, 0.3) is 22.8 Å². The molecule has 1 fully saturated rings. The Kier molecular flexibility index (Phi) is 17.5. The van der Waals surface area contributed by atoms with Crippen molar-refractivity contribution in [2.75, 3.05) is 65.6 Å². The summed E-state index contributed by atoms with van der Waals surface area (Å²) in [4.78, 5) is 71.4. The number of ether oxygens (including phenoxy) is 2. The SMILES string of the molecule is COCCCNC(=O)c1nn(C)c2c1CCCc1cnc(SC)nc1-2.COc1cc(C(=O)NC2CCN(C)CC2)ccc1Nc1ncc2c(n1)-c1c(c(C(=O)N[C@H](CNC(=O)O)c3ccccc3)nn1C)CCC2. The standard InChI is InChI=1S/C35H41N9O5.C17H23N5O2S/c1-43-16-14-24(15-17-43)38-32(45)22-12-13-26(28(18-22)49-3)40-34-36-19-23-10-7-11-25-30(42-44(2)31(25)29(23)41-34)33(46)39-27(20-37-35(47)48)21-8-5-4-6-9-21;1-22-15-12(14(21-22)16(23)18-8-5-9-24-2)7-4-6-11-10-19-17(25-3)20-13(11)15/h4-6,8-9,12-13,18-19,24,27,37H,7,10-11,14-17,20H2,1-3H3,(H,38,45)(H,39,46)(H,47,48)(H,36,40,41);10H,4-9H2,1-3H3,(H,18,23)/t27-;/m1./s1. The fourth-order valence-corrected chi connectivity index (χ4v) is 9.88. The van der Waals surface area contributed by atoms with E-state index >= 15 is 0 Å². The summed E-state index contributed by atoms with van der Waals surface area (Å²) in [7, 11) is 8.94. The molecule has 0 bridgehead atoms. The molecule has 2 aliphatic carbocycles. The molecule has 5 heterocycles. The van der Waals surface area contributed by atoms with Crippen LogP contribution in [0.1, 0.15) is 97.3 Å². The molecule has 9 rings (SSSR count). The van der Waals surface area contributed by atoms with Gasteiger partial charge in [0.05, 0.1) is 41.6 Å². The number of methoxy groups -OCH3 is 2. The number of aryl methyl sites for hydroxylation is 4. The Morgan fingerprint density at radius 3 is 2.08 bits per heavy atom. The molecule has 1 aliphatic heterocycles. The third-order valence-electron chi connectivity index (χ3n) is 13.3. The van der Waals surface area contributed by atoms with Crippen LogP contribution in [-0.4, -0.2) is 140 Å². The summed E-state index contributed by atoms with van der Waals surface area (Å²) in [5.74, 6) is 0.121. The van der Waals surface area contributed by atoms with Crippen LogP contribution in [0, 0.1) is 0 Å². The number of amides is 4. The van der Waals surface area contributed by atoms with Gasteiger partial charge in [-0.2, -0.15) is 10.2 Å². The van der Waals surface area contributed by atoms with Gasteiger partial charge in [0.15, 0.2) is 16.5 Å². The minimum absolute atomic E-state index is 0.00134. The van der Waals surface area contributed by atoms with Gasteiger partial charge < -0.3 is 46.1 Å². The number of anilines is 2. The van der Waals surface area contributed by atoms with Crippen molar-refractivity contribution in [3.05, 3.63) is 106 Å². The second-order valence-electron chi connectivity index (χ2n) is 18.4. The van der Waals surface area contributed by atoms with E-state index in [4.69, 9.17) is 19.4 Å². The van der Waals surface area contributed by atoms with E-state index in [0.29, 0.717) is 60.3 Å². The number of carboxylic acid groups (broad SMARTS) is 1. The molecule has 21 nitrogen and oxygen atoms in total. The van der Waals surface area contributed by atoms with E-state index in [1.807, 2.05) is 49.8 Å². The van der Waals surface area contributed by atoms with Crippen LogP contribution in [0.15, 0.2) is 66.1 Å². The maximum absolute atomic E-state index is 13.7. The second-order valence-corrected chi connectivity index (χ2v) is 19.2. The highest BCUT2D eigenvalue weighted by molar-refractivity contribution is 7.98. The zero-order valence-electron chi connectivity index (χ0n) is 42.7. The first-order chi connectivity index (χ1) is 35.8. The van der Waals surface area contributed by atoms with Gasteiger partial charge in [0.25, 0.3) is 17.7 Å². The molecule has 2 aromatic carbocycles. The zero-order valence-corrected chi connectivity index (χ0v) is 43.5. The molecule has 1 atom stereocenters. The van der Waals surface area contributed by atoms with E-state index < -0.39 is 18.0 Å². The van der Waals surface area contributed by atoms with Crippen LogP contribution < -0.4 is 31.3 Å². The minimum atomic E-state index is -1.18. The number of thioether (sulfide) groups is 1. The molecule has 0 unspecified atom stereocenters. The number of fused-ring (bicyclic) bond motifs is 6. The average Bonchev–Trinajstić information content (AvgIpc) is 3.74. The van der Waals surface area contributed by atoms with Crippen molar-refractivity contribution < 1.29 is 33.8 Å². The smallest absolute Gasteiger partial charge is 0.404 e. The number of hydrogen-bond acceptors (Lipinski definition) is 15. The van der Waals surface area contributed by atoms with Crippen LogP contribution in [-0.2, 0) is 44.5 Å². The number of rotatable bonds is 16. The Labute approximate surface area is 434 Å². The Bertz CT molecular complexity index is 2970. The molecule has 4 aromatic heterocycles. The summed E-state index contributed by atoms with van der Waals surface area (Å²) >= 11 is 1.51. The summed E-state index contributed by atoms with van der Waals surface area (Å²) in [5.41, 5.74) is 9.66. The number of nitrogens with one attached hydrogen (secondary N) is 5. The summed E-state index contributed by atoms with van der Waals surface area (Å²) < 4.78 is 14.1. The van der Waals surface area contributed by atoms with Gasteiger partial charge in [-0.1, -0.05) is 42.1 Å². The molecule has 0 spiro atoms. The Hall–Kier alpha value is -7.43. The van der Waals surface area contributed by atoms with Crippen molar-refractivity contribution >= 4 is 47.2 Å². The van der Waals surface area contributed by atoms with Crippen LogP contribution in [0.5, 0.6) is 5.75 Å². The molecular formula is C52H64N14O7S. The number of nitrogens with zero attached hydrogens (tertiary/aromatic N) is 9. The normalized spacial score (nSPS) is 14.5. The summed E-state index contributed by atoms with van der Waals surface area (Å²) in [5, 5.41) is 33.7. The fraction of sp³-hybridized carbons (Fsp3) is 0.423. The fourth-order valence-electron chi connectivity index (χ4n) is 9.54. The number of hydrogen-bond donors (Lipinski definition) is 6. The number of aromatic nitrogens is 8. The lowest BCUT2D eigenvalue weighted by molar-refractivity contribution is 0.0912. The Morgan fingerprint density at radius 2 is 1.45 bits per heavy atom. The molecule has 0 radical (unpaired) electrons. The molecule has 22 heteroatoms. The topological polar surface area (TPSA) is 258 Å². The van der Waals surface area contributed by atoms with Gasteiger partial charge in [-0.15, -0.1) is 0 Å². The van der Waals surface area contributed by atoms with Crippen molar-refractivity contribution in [3.8, 4) is 28.5 Å². The summed E-state index contributed by atoms with van der Waals surface area (Å²) in [6.45, 7) is 3.11. The number of likely N-dealkylation sites (tertiary alicyclic amines) is 1. The Morgan fingerprint density at radius 1 is 0.797 bits per heavy atom. The van der Waals surface area contributed by atoms with Gasteiger partial charge in [0, 0.05) is 76.0 Å². The van der Waals surface area contributed by atoms with Crippen LogP contribution in [0.3, 0.4) is 0 Å². The van der Waals surface area contributed by atoms with Gasteiger partial charge in [0.1, 0.15) is 5.75 Å². The van der Waals surface area contributed by atoms with Gasteiger partial charge in [-0.05, 0) is 119 Å². The van der Waals surface area contributed by atoms with E-state index in [9.17, 15) is 24.3 Å². The molecule has 74 heavy (non-hydrogen) atoms. The summed E-state index contributed by atoms with van der Waals surface area (Å²) in [6, 6.07) is 14.0. The highest BCUT2D eigenvalue weighted by atomic mass is 32.2. The molecular weight excluding hydrogens is 965 g/mol. The monoisotopic (exact) mass is 1030 g/mol. The van der Waals surface area contributed by atoms with Crippen LogP contribution in [0.4, 0.5) is 16.4 Å². The minimum Gasteiger partial charge on any atom is -0.495 e. The van der Waals surface area contributed by atoms with Crippen LogP contribution >= 0.6 is 11.8 Å². The lowest BCUT2D eigenvalue weighted by Crippen LogP contribution is -2.43. The van der Waals surface area contributed by atoms with Gasteiger partial charge in [0.2, 0.25) is 5.95 Å². The predicted octanol–water partition coefficient (Wildman–Crippen LogP) is 5.53. The quantitative estimate of drug-likeness (QED) is 0.0396. The second kappa shape index (κ2) is 24.5. The molecule has 4 amide bonds. The summed E-state index contributed by atoms with van der Waals surface area (Å²) in [6.07, 6.45) is 11.8. The third kappa shape index (κ3) is 12.5.